The number of rotatable bonds is 10. The van der Waals surface area contributed by atoms with Crippen molar-refractivity contribution in [1.29, 1.82) is 0 Å². The highest BCUT2D eigenvalue weighted by Gasteiger charge is 2.26. The maximum absolute atomic E-state index is 12.8. The molecule has 0 aliphatic carbocycles. The minimum Gasteiger partial charge on any atom is -0.342 e. The fraction of sp³-hybridized carbons (Fsp3) is 0.318. The highest BCUT2D eigenvalue weighted by atomic mass is 32.2. The summed E-state index contributed by atoms with van der Waals surface area (Å²) in [4.78, 5) is 39.7. The van der Waals surface area contributed by atoms with Crippen LogP contribution in [-0.2, 0) is 11.3 Å². The molecule has 11 nitrogen and oxygen atoms in total. The lowest BCUT2D eigenvalue weighted by atomic mass is 10.0. The van der Waals surface area contributed by atoms with E-state index in [2.05, 4.69) is 25.8 Å². The van der Waals surface area contributed by atoms with Crippen LogP contribution in [0.2, 0.25) is 0 Å². The molecule has 0 aliphatic heterocycles. The van der Waals surface area contributed by atoms with Crippen LogP contribution >= 0.6 is 11.8 Å². The van der Waals surface area contributed by atoms with Crippen LogP contribution in [0, 0.1) is 16.0 Å². The molecular formula is C22H25N7O4S. The third-order valence-electron chi connectivity index (χ3n) is 4.88. The van der Waals surface area contributed by atoms with Gasteiger partial charge in [0.1, 0.15) is 5.82 Å². The van der Waals surface area contributed by atoms with E-state index in [1.807, 2.05) is 25.3 Å². The van der Waals surface area contributed by atoms with Gasteiger partial charge in [-0.05, 0) is 31.0 Å². The van der Waals surface area contributed by atoms with Crippen molar-refractivity contribution in [3.63, 3.8) is 0 Å². The molecule has 0 saturated heterocycles. The monoisotopic (exact) mass is 483 g/mol. The zero-order valence-corrected chi connectivity index (χ0v) is 19.8. The van der Waals surface area contributed by atoms with Gasteiger partial charge in [0.25, 0.3) is 11.6 Å². The summed E-state index contributed by atoms with van der Waals surface area (Å²) in [5, 5.41) is 25.7. The molecule has 0 unspecified atom stereocenters. The molecule has 2 heterocycles. The summed E-state index contributed by atoms with van der Waals surface area (Å²) in [5.41, 5.74) is 0.0244. The van der Waals surface area contributed by atoms with Gasteiger partial charge >= 0.3 is 0 Å². The second-order valence-corrected chi connectivity index (χ2v) is 8.58. The Kier molecular flexibility index (Phi) is 8.30. The van der Waals surface area contributed by atoms with Crippen molar-refractivity contribution in [1.82, 2.24) is 25.1 Å². The number of non-ortho nitro benzene ring substituents is 1. The topological polar surface area (TPSA) is 145 Å². The van der Waals surface area contributed by atoms with Crippen LogP contribution in [0.25, 0.3) is 0 Å². The van der Waals surface area contributed by atoms with Gasteiger partial charge in [0.15, 0.2) is 11.0 Å². The minimum atomic E-state index is -0.544. The van der Waals surface area contributed by atoms with Crippen LogP contribution in [-0.4, -0.2) is 42.2 Å². The normalized spacial score (nSPS) is 11.8. The number of hydrogen-bond acceptors (Lipinski definition) is 8. The molecular weight excluding hydrogens is 458 g/mol. The quantitative estimate of drug-likeness (QED) is 0.253. The van der Waals surface area contributed by atoms with Crippen molar-refractivity contribution < 1.29 is 14.5 Å². The summed E-state index contributed by atoms with van der Waals surface area (Å²) in [6.07, 6.45) is 1.59. The van der Waals surface area contributed by atoms with E-state index in [9.17, 15) is 19.7 Å². The number of carbonyl (C=O) groups excluding carboxylic acids is 2. The van der Waals surface area contributed by atoms with E-state index >= 15 is 0 Å². The first kappa shape index (κ1) is 24.8. The molecule has 3 rings (SSSR count). The molecule has 178 valence electrons. The predicted octanol–water partition coefficient (Wildman–Crippen LogP) is 3.46. The molecule has 3 aromatic rings. The van der Waals surface area contributed by atoms with Crippen molar-refractivity contribution in [3.05, 3.63) is 70.2 Å². The Bertz CT molecular complexity index is 1170. The molecule has 2 amide bonds. The second-order valence-electron chi connectivity index (χ2n) is 7.64. The molecule has 0 radical (unpaired) electrons. The number of anilines is 1. The maximum Gasteiger partial charge on any atom is 0.270 e. The molecule has 12 heteroatoms. The Morgan fingerprint density at radius 2 is 1.97 bits per heavy atom. The number of thioether (sulfide) groups is 1. The summed E-state index contributed by atoms with van der Waals surface area (Å²) in [6.45, 7) is 6.31. The van der Waals surface area contributed by atoms with Crippen LogP contribution in [0.3, 0.4) is 0 Å². The van der Waals surface area contributed by atoms with Crippen molar-refractivity contribution in [3.8, 4) is 0 Å². The second kappa shape index (κ2) is 11.4. The number of nitrogens with zero attached hydrogens (tertiary/aromatic N) is 5. The number of pyridine rings is 1. The number of benzene rings is 1. The van der Waals surface area contributed by atoms with E-state index < -0.39 is 16.9 Å². The van der Waals surface area contributed by atoms with E-state index in [1.54, 1.807) is 24.4 Å². The average Bonchev–Trinajstić information content (AvgIpc) is 3.24. The van der Waals surface area contributed by atoms with E-state index in [0.717, 1.165) is 0 Å². The Balaban J connectivity index is 1.73. The van der Waals surface area contributed by atoms with Crippen LogP contribution in [0.4, 0.5) is 11.5 Å². The van der Waals surface area contributed by atoms with Crippen LogP contribution in [0.15, 0.2) is 53.8 Å². The molecule has 0 bridgehead atoms. The van der Waals surface area contributed by atoms with Crippen molar-refractivity contribution in [2.45, 2.75) is 38.5 Å². The number of nitrogens with one attached hydrogen (secondary N) is 2. The minimum absolute atomic E-state index is 0.0394. The molecule has 1 aromatic carbocycles. The highest BCUT2D eigenvalue weighted by Crippen LogP contribution is 2.26. The Labute approximate surface area is 200 Å². The number of hydrogen-bond donors (Lipinski definition) is 2. The van der Waals surface area contributed by atoms with E-state index in [4.69, 9.17) is 0 Å². The SMILES string of the molecule is CCn1c(SCC(=O)Nc2ccccn2)nnc1[C@H](NC(=O)c1cccc([N+](=O)[O-])c1)C(C)C. The third-order valence-corrected chi connectivity index (χ3v) is 5.84. The number of carbonyl (C=O) groups is 2. The van der Waals surface area contributed by atoms with Gasteiger partial charge in [0.2, 0.25) is 5.91 Å². The lowest BCUT2D eigenvalue weighted by Gasteiger charge is -2.22. The van der Waals surface area contributed by atoms with Gasteiger partial charge in [-0.15, -0.1) is 10.2 Å². The Morgan fingerprint density at radius 3 is 2.62 bits per heavy atom. The van der Waals surface area contributed by atoms with Gasteiger partial charge < -0.3 is 15.2 Å². The first-order valence-electron chi connectivity index (χ1n) is 10.6. The lowest BCUT2D eigenvalue weighted by molar-refractivity contribution is -0.384. The van der Waals surface area contributed by atoms with Gasteiger partial charge in [-0.2, -0.15) is 0 Å². The summed E-state index contributed by atoms with van der Waals surface area (Å²) in [6, 6.07) is 10.3. The van der Waals surface area contributed by atoms with E-state index in [1.165, 1.54) is 36.0 Å². The van der Waals surface area contributed by atoms with Crippen molar-refractivity contribution in [2.24, 2.45) is 5.92 Å². The van der Waals surface area contributed by atoms with Gasteiger partial charge in [0.05, 0.1) is 16.7 Å². The molecule has 1 atom stereocenters. The van der Waals surface area contributed by atoms with Gasteiger partial charge in [-0.1, -0.05) is 37.7 Å². The lowest BCUT2D eigenvalue weighted by Crippen LogP contribution is -2.33. The van der Waals surface area contributed by atoms with Crippen LogP contribution in [0.1, 0.15) is 43.0 Å². The van der Waals surface area contributed by atoms with Gasteiger partial charge in [-0.25, -0.2) is 4.98 Å². The smallest absolute Gasteiger partial charge is 0.270 e. The third kappa shape index (κ3) is 6.16. The standard InChI is InChI=1S/C22H25N7O4S/c1-4-28-20(26-27-22(28)34-13-18(30)24-17-10-5-6-11-23-17)19(14(2)3)25-21(31)15-8-7-9-16(12-15)29(32)33/h5-12,14,19H,4,13H2,1-3H3,(H,25,31)(H,23,24,30)/t19-/m1/s1. The fourth-order valence-electron chi connectivity index (χ4n) is 3.19. The number of nitro benzene ring substituents is 1. The molecule has 0 aliphatic rings. The fourth-order valence-corrected chi connectivity index (χ4v) is 4.00. The average molecular weight is 484 g/mol. The molecule has 0 saturated carbocycles. The molecule has 34 heavy (non-hydrogen) atoms. The number of aromatic nitrogens is 4. The zero-order chi connectivity index (χ0) is 24.7. The predicted molar refractivity (Wildman–Crippen MR) is 127 cm³/mol. The Hall–Kier alpha value is -3.80. The summed E-state index contributed by atoms with van der Waals surface area (Å²) >= 11 is 1.23. The van der Waals surface area contributed by atoms with Crippen molar-refractivity contribution in [2.75, 3.05) is 11.1 Å². The van der Waals surface area contributed by atoms with Gasteiger partial charge in [-0.3, -0.25) is 19.7 Å². The molecule has 2 aromatic heterocycles. The highest BCUT2D eigenvalue weighted by molar-refractivity contribution is 7.99. The number of nitro groups is 1. The first-order chi connectivity index (χ1) is 16.3. The van der Waals surface area contributed by atoms with Crippen molar-refractivity contribution >= 4 is 35.1 Å². The summed E-state index contributed by atoms with van der Waals surface area (Å²) in [5.74, 6) is 0.411. The first-order valence-corrected chi connectivity index (χ1v) is 11.6. The van der Waals surface area contributed by atoms with E-state index in [-0.39, 0.29) is 28.8 Å². The molecule has 0 fully saturated rings. The maximum atomic E-state index is 12.8. The molecule has 0 spiro atoms. The van der Waals surface area contributed by atoms with Crippen LogP contribution in [0.5, 0.6) is 0 Å². The van der Waals surface area contributed by atoms with Gasteiger partial charge in [0, 0.05) is 30.4 Å². The zero-order valence-electron chi connectivity index (χ0n) is 19.0. The Morgan fingerprint density at radius 1 is 1.18 bits per heavy atom. The summed E-state index contributed by atoms with van der Waals surface area (Å²) in [7, 11) is 0. The molecule has 2 N–H and O–H groups in total. The number of amides is 2. The largest absolute Gasteiger partial charge is 0.342 e. The summed E-state index contributed by atoms with van der Waals surface area (Å²) < 4.78 is 1.84. The van der Waals surface area contributed by atoms with E-state index in [0.29, 0.717) is 23.3 Å². The van der Waals surface area contributed by atoms with Crippen LogP contribution < -0.4 is 10.6 Å².